The van der Waals surface area contributed by atoms with E-state index in [1.165, 1.54) is 0 Å². The second-order valence-electron chi connectivity index (χ2n) is 4.15. The fourth-order valence-electron chi connectivity index (χ4n) is 1.60. The minimum atomic E-state index is -0.562. The Morgan fingerprint density at radius 2 is 1.94 bits per heavy atom. The largest absolute Gasteiger partial charge is 0.445 e. The maximum absolute atomic E-state index is 11.5. The molecule has 0 aromatic heterocycles. The number of carbonyl (C=O) groups is 2. The Morgan fingerprint density at radius 3 is 2.56 bits per heavy atom. The van der Waals surface area contributed by atoms with Gasteiger partial charge in [-0.2, -0.15) is 0 Å². The molecule has 2 amide bonds. The van der Waals surface area contributed by atoms with Crippen molar-refractivity contribution < 1.29 is 14.3 Å². The number of hydrogen-bond acceptors (Lipinski definition) is 3. The van der Waals surface area contributed by atoms with Crippen LogP contribution in [0.1, 0.15) is 12.0 Å². The van der Waals surface area contributed by atoms with Gasteiger partial charge in [-0.15, -0.1) is 0 Å². The van der Waals surface area contributed by atoms with Crippen molar-refractivity contribution in [3.05, 3.63) is 35.9 Å². The van der Waals surface area contributed by atoms with Crippen LogP contribution in [-0.4, -0.2) is 36.5 Å². The fourth-order valence-corrected chi connectivity index (χ4v) is 1.60. The summed E-state index contributed by atoms with van der Waals surface area (Å²) in [6.45, 7) is 1.80. The van der Waals surface area contributed by atoms with E-state index in [1.807, 2.05) is 30.3 Å². The molecule has 18 heavy (non-hydrogen) atoms. The standard InChI is InChI=1S/C13H16N2O3/c16-12(15-7-4-8-15)9-14-13(17)18-10-11-5-2-1-3-6-11/h1-3,5-6H,4,7-10H2,(H,14,17). The van der Waals surface area contributed by atoms with Gasteiger partial charge in [-0.05, 0) is 12.0 Å². The predicted molar refractivity (Wildman–Crippen MR) is 65.8 cm³/mol. The van der Waals surface area contributed by atoms with Gasteiger partial charge in [-0.1, -0.05) is 30.3 Å². The van der Waals surface area contributed by atoms with Crippen LogP contribution in [0, 0.1) is 0 Å². The monoisotopic (exact) mass is 248 g/mol. The third-order valence-corrected chi connectivity index (χ3v) is 2.81. The first-order valence-electron chi connectivity index (χ1n) is 5.98. The van der Waals surface area contributed by atoms with Gasteiger partial charge in [0.25, 0.3) is 0 Å². The van der Waals surface area contributed by atoms with Crippen LogP contribution in [0.2, 0.25) is 0 Å². The second kappa shape index (κ2) is 6.05. The SMILES string of the molecule is O=C(NCC(=O)N1CCC1)OCc1ccccc1. The van der Waals surface area contributed by atoms with E-state index in [0.717, 1.165) is 25.1 Å². The molecule has 1 N–H and O–H groups in total. The highest BCUT2D eigenvalue weighted by atomic mass is 16.5. The first-order valence-corrected chi connectivity index (χ1v) is 5.98. The zero-order valence-electron chi connectivity index (χ0n) is 10.1. The number of nitrogens with zero attached hydrogens (tertiary/aromatic N) is 1. The van der Waals surface area contributed by atoms with Crippen LogP contribution >= 0.6 is 0 Å². The van der Waals surface area contributed by atoms with Gasteiger partial charge in [0, 0.05) is 13.1 Å². The van der Waals surface area contributed by atoms with Crippen LogP contribution in [0.3, 0.4) is 0 Å². The van der Waals surface area contributed by atoms with Crippen molar-refractivity contribution in [2.45, 2.75) is 13.0 Å². The van der Waals surface area contributed by atoms with Crippen molar-refractivity contribution in [2.75, 3.05) is 19.6 Å². The molecule has 1 aliphatic rings. The summed E-state index contributed by atoms with van der Waals surface area (Å²) < 4.78 is 4.99. The molecule has 0 radical (unpaired) electrons. The number of ether oxygens (including phenoxy) is 1. The molecule has 0 bridgehead atoms. The number of amides is 2. The molecule has 96 valence electrons. The van der Waals surface area contributed by atoms with E-state index in [1.54, 1.807) is 4.90 Å². The molecule has 0 atom stereocenters. The molecule has 1 aromatic rings. The van der Waals surface area contributed by atoms with Crippen LogP contribution in [0.4, 0.5) is 4.79 Å². The summed E-state index contributed by atoms with van der Waals surface area (Å²) in [5, 5.41) is 2.45. The Bertz CT molecular complexity index is 416. The van der Waals surface area contributed by atoms with Gasteiger partial charge in [-0.25, -0.2) is 4.79 Å². The minimum Gasteiger partial charge on any atom is -0.445 e. The lowest BCUT2D eigenvalue weighted by Crippen LogP contribution is -2.47. The van der Waals surface area contributed by atoms with Crippen molar-refractivity contribution in [2.24, 2.45) is 0 Å². The number of alkyl carbamates (subject to hydrolysis) is 1. The molecule has 1 aromatic carbocycles. The van der Waals surface area contributed by atoms with Gasteiger partial charge < -0.3 is 15.0 Å². The van der Waals surface area contributed by atoms with Gasteiger partial charge in [0.1, 0.15) is 13.2 Å². The van der Waals surface area contributed by atoms with Gasteiger partial charge in [-0.3, -0.25) is 4.79 Å². The highest BCUT2D eigenvalue weighted by Gasteiger charge is 2.20. The molecular formula is C13H16N2O3. The summed E-state index contributed by atoms with van der Waals surface area (Å²) in [5.41, 5.74) is 0.918. The summed E-state index contributed by atoms with van der Waals surface area (Å²) >= 11 is 0. The fraction of sp³-hybridized carbons (Fsp3) is 0.385. The lowest BCUT2D eigenvalue weighted by atomic mass is 10.2. The van der Waals surface area contributed by atoms with E-state index in [4.69, 9.17) is 4.74 Å². The van der Waals surface area contributed by atoms with Crippen LogP contribution in [0.5, 0.6) is 0 Å². The molecule has 5 heteroatoms. The summed E-state index contributed by atoms with van der Waals surface area (Å²) in [7, 11) is 0. The molecule has 0 unspecified atom stereocenters. The summed E-state index contributed by atoms with van der Waals surface area (Å²) in [4.78, 5) is 24.5. The van der Waals surface area contributed by atoms with Gasteiger partial charge in [0.05, 0.1) is 0 Å². The van der Waals surface area contributed by atoms with E-state index in [0.29, 0.717) is 0 Å². The molecule has 2 rings (SSSR count). The lowest BCUT2D eigenvalue weighted by molar-refractivity contribution is -0.133. The zero-order valence-corrected chi connectivity index (χ0v) is 10.1. The molecule has 1 heterocycles. The Labute approximate surface area is 106 Å². The molecule has 0 saturated carbocycles. The third-order valence-electron chi connectivity index (χ3n) is 2.81. The smallest absolute Gasteiger partial charge is 0.407 e. The predicted octanol–water partition coefficient (Wildman–Crippen LogP) is 1.15. The van der Waals surface area contributed by atoms with Crippen LogP contribution in [0.15, 0.2) is 30.3 Å². The van der Waals surface area contributed by atoms with Crippen LogP contribution in [-0.2, 0) is 16.1 Å². The maximum atomic E-state index is 11.5. The normalized spacial score (nSPS) is 13.7. The van der Waals surface area contributed by atoms with E-state index in [9.17, 15) is 9.59 Å². The Kier molecular flexibility index (Phi) is 4.17. The molecular weight excluding hydrogens is 232 g/mol. The maximum Gasteiger partial charge on any atom is 0.407 e. The van der Waals surface area contributed by atoms with E-state index in [-0.39, 0.29) is 19.1 Å². The minimum absolute atomic E-state index is 0.00756. The van der Waals surface area contributed by atoms with Crippen molar-refractivity contribution in [3.63, 3.8) is 0 Å². The highest BCUT2D eigenvalue weighted by Crippen LogP contribution is 2.05. The number of nitrogens with one attached hydrogen (secondary N) is 1. The quantitative estimate of drug-likeness (QED) is 0.869. The Hall–Kier alpha value is -2.04. The summed E-state index contributed by atoms with van der Waals surface area (Å²) in [5.74, 6) is -0.0575. The number of carbonyl (C=O) groups excluding carboxylic acids is 2. The third kappa shape index (κ3) is 3.48. The van der Waals surface area contributed by atoms with E-state index >= 15 is 0 Å². The van der Waals surface area contributed by atoms with E-state index < -0.39 is 6.09 Å². The van der Waals surface area contributed by atoms with Crippen molar-refractivity contribution >= 4 is 12.0 Å². The zero-order chi connectivity index (χ0) is 12.8. The number of rotatable bonds is 4. The average molecular weight is 248 g/mol. The Balaban J connectivity index is 1.64. The number of benzene rings is 1. The molecule has 1 aliphatic heterocycles. The molecule has 5 nitrogen and oxygen atoms in total. The Morgan fingerprint density at radius 1 is 1.22 bits per heavy atom. The van der Waals surface area contributed by atoms with Crippen molar-refractivity contribution in [1.82, 2.24) is 10.2 Å². The van der Waals surface area contributed by atoms with Gasteiger partial charge >= 0.3 is 6.09 Å². The molecule has 0 spiro atoms. The molecule has 1 saturated heterocycles. The average Bonchev–Trinajstić information content (AvgIpc) is 2.33. The molecule has 0 aliphatic carbocycles. The summed E-state index contributed by atoms with van der Waals surface area (Å²) in [6.07, 6.45) is 0.484. The van der Waals surface area contributed by atoms with Crippen LogP contribution < -0.4 is 5.32 Å². The number of hydrogen-bond donors (Lipinski definition) is 1. The van der Waals surface area contributed by atoms with Gasteiger partial charge in [0.2, 0.25) is 5.91 Å². The topological polar surface area (TPSA) is 58.6 Å². The number of likely N-dealkylation sites (tertiary alicyclic amines) is 1. The van der Waals surface area contributed by atoms with Crippen molar-refractivity contribution in [1.29, 1.82) is 0 Å². The second-order valence-corrected chi connectivity index (χ2v) is 4.15. The first kappa shape index (κ1) is 12.4. The lowest BCUT2D eigenvalue weighted by Gasteiger charge is -2.30. The van der Waals surface area contributed by atoms with Crippen molar-refractivity contribution in [3.8, 4) is 0 Å². The first-order chi connectivity index (χ1) is 8.75. The summed E-state index contributed by atoms with van der Waals surface area (Å²) in [6, 6.07) is 9.40. The van der Waals surface area contributed by atoms with Gasteiger partial charge in [0.15, 0.2) is 0 Å². The highest BCUT2D eigenvalue weighted by molar-refractivity contribution is 5.82. The van der Waals surface area contributed by atoms with E-state index in [2.05, 4.69) is 5.32 Å². The van der Waals surface area contributed by atoms with Crippen LogP contribution in [0.25, 0.3) is 0 Å². The molecule has 1 fully saturated rings.